The lowest BCUT2D eigenvalue weighted by molar-refractivity contribution is 0.487. The highest BCUT2D eigenvalue weighted by Crippen LogP contribution is 2.53. The van der Waals surface area contributed by atoms with Crippen molar-refractivity contribution < 1.29 is 0 Å². The zero-order valence-electron chi connectivity index (χ0n) is 10.2. The van der Waals surface area contributed by atoms with Gasteiger partial charge in [0.05, 0.1) is 0 Å². The van der Waals surface area contributed by atoms with E-state index in [1.807, 2.05) is 24.5 Å². The molecule has 2 aromatic rings. The minimum atomic E-state index is 0.221. The minimum Gasteiger partial charge on any atom is -0.271 e. The molecule has 1 fully saturated rings. The lowest BCUT2D eigenvalue weighted by Crippen LogP contribution is -2.29. The molecule has 0 radical (unpaired) electrons. The van der Waals surface area contributed by atoms with Crippen molar-refractivity contribution in [3.63, 3.8) is 0 Å². The highest BCUT2D eigenvalue weighted by Gasteiger charge is 2.43. The molecule has 1 aliphatic rings. The van der Waals surface area contributed by atoms with Gasteiger partial charge in [-0.2, -0.15) is 0 Å². The zero-order chi connectivity index (χ0) is 12.4. The van der Waals surface area contributed by atoms with E-state index in [1.54, 1.807) is 0 Å². The number of benzene rings is 1. The van der Waals surface area contributed by atoms with E-state index in [1.165, 1.54) is 17.5 Å². The largest absolute Gasteiger partial charge is 0.271 e. The van der Waals surface area contributed by atoms with Crippen LogP contribution in [0, 0.1) is 5.92 Å². The number of nitrogens with zero attached hydrogens (tertiary/aromatic N) is 1. The average molecular weight is 239 g/mol. The third kappa shape index (κ3) is 2.15. The van der Waals surface area contributed by atoms with Crippen molar-refractivity contribution in [2.75, 3.05) is 0 Å². The summed E-state index contributed by atoms with van der Waals surface area (Å²) in [6.45, 7) is 0. The van der Waals surface area contributed by atoms with Gasteiger partial charge in [0.2, 0.25) is 0 Å². The molecule has 3 heteroatoms. The Bertz CT molecular complexity index is 498. The van der Waals surface area contributed by atoms with E-state index < -0.39 is 0 Å². The summed E-state index contributed by atoms with van der Waals surface area (Å²) in [4.78, 5) is 4.05. The van der Waals surface area contributed by atoms with Gasteiger partial charge in [-0.1, -0.05) is 30.3 Å². The van der Waals surface area contributed by atoms with Gasteiger partial charge < -0.3 is 0 Å². The SMILES string of the molecule is NNC(c1ccncc1)C1CC1c1ccccc1. The van der Waals surface area contributed by atoms with Gasteiger partial charge in [-0.25, -0.2) is 0 Å². The summed E-state index contributed by atoms with van der Waals surface area (Å²) in [6.07, 6.45) is 4.83. The lowest BCUT2D eigenvalue weighted by Gasteiger charge is -2.16. The number of aromatic nitrogens is 1. The standard InChI is InChI=1S/C15H17N3/c16-18-15(12-6-8-17-9-7-12)14-10-13(14)11-4-2-1-3-5-11/h1-9,13-15,18H,10,16H2. The van der Waals surface area contributed by atoms with Crippen LogP contribution in [-0.2, 0) is 0 Å². The van der Waals surface area contributed by atoms with Crippen LogP contribution in [0.4, 0.5) is 0 Å². The van der Waals surface area contributed by atoms with Gasteiger partial charge in [0.25, 0.3) is 0 Å². The summed E-state index contributed by atoms with van der Waals surface area (Å²) in [6, 6.07) is 14.9. The molecule has 3 rings (SSSR count). The number of nitrogens with one attached hydrogen (secondary N) is 1. The van der Waals surface area contributed by atoms with E-state index in [0.29, 0.717) is 11.8 Å². The summed E-state index contributed by atoms with van der Waals surface area (Å²) in [7, 11) is 0. The third-order valence-corrected chi connectivity index (χ3v) is 3.74. The molecule has 0 saturated heterocycles. The Morgan fingerprint density at radius 1 is 1.11 bits per heavy atom. The molecule has 1 heterocycles. The zero-order valence-corrected chi connectivity index (χ0v) is 10.2. The van der Waals surface area contributed by atoms with Gasteiger partial charge >= 0.3 is 0 Å². The normalized spacial score (nSPS) is 23.6. The number of hydrogen-bond donors (Lipinski definition) is 2. The van der Waals surface area contributed by atoms with Crippen molar-refractivity contribution >= 4 is 0 Å². The summed E-state index contributed by atoms with van der Waals surface area (Å²) in [5.74, 6) is 6.92. The number of hydrazine groups is 1. The maximum Gasteiger partial charge on any atom is 0.0495 e. The van der Waals surface area contributed by atoms with Gasteiger partial charge in [0.1, 0.15) is 0 Å². The molecule has 3 nitrogen and oxygen atoms in total. The van der Waals surface area contributed by atoms with E-state index in [-0.39, 0.29) is 6.04 Å². The summed E-state index contributed by atoms with van der Waals surface area (Å²) in [5, 5.41) is 0. The molecule has 0 aliphatic heterocycles. The molecular formula is C15H17N3. The maximum absolute atomic E-state index is 5.72. The first kappa shape index (κ1) is 11.4. The fraction of sp³-hybridized carbons (Fsp3) is 0.267. The molecule has 3 atom stereocenters. The van der Waals surface area contributed by atoms with Crippen molar-refractivity contribution in [2.24, 2.45) is 11.8 Å². The van der Waals surface area contributed by atoms with E-state index in [4.69, 9.17) is 5.84 Å². The second-order valence-corrected chi connectivity index (χ2v) is 4.84. The first-order valence-corrected chi connectivity index (χ1v) is 6.31. The summed E-state index contributed by atoms with van der Waals surface area (Å²) < 4.78 is 0. The monoisotopic (exact) mass is 239 g/mol. The van der Waals surface area contributed by atoms with Crippen LogP contribution in [0.5, 0.6) is 0 Å². The molecule has 1 aromatic heterocycles. The van der Waals surface area contributed by atoms with Crippen LogP contribution in [0.1, 0.15) is 29.5 Å². The molecule has 92 valence electrons. The maximum atomic E-state index is 5.72. The second kappa shape index (κ2) is 4.88. The summed E-state index contributed by atoms with van der Waals surface area (Å²) >= 11 is 0. The molecule has 3 N–H and O–H groups in total. The summed E-state index contributed by atoms with van der Waals surface area (Å²) in [5.41, 5.74) is 5.58. The van der Waals surface area contributed by atoms with Crippen molar-refractivity contribution in [3.05, 3.63) is 66.0 Å². The Labute approximate surface area is 107 Å². The van der Waals surface area contributed by atoms with Crippen LogP contribution in [-0.4, -0.2) is 4.98 Å². The Morgan fingerprint density at radius 2 is 1.83 bits per heavy atom. The average Bonchev–Trinajstić information content (AvgIpc) is 3.22. The molecule has 0 amide bonds. The van der Waals surface area contributed by atoms with E-state index in [9.17, 15) is 0 Å². The van der Waals surface area contributed by atoms with Gasteiger partial charge in [-0.3, -0.25) is 16.3 Å². The fourth-order valence-electron chi connectivity index (χ4n) is 2.70. The molecule has 0 spiro atoms. The van der Waals surface area contributed by atoms with Crippen LogP contribution in [0.25, 0.3) is 0 Å². The molecule has 1 saturated carbocycles. The smallest absolute Gasteiger partial charge is 0.0495 e. The third-order valence-electron chi connectivity index (χ3n) is 3.74. The Kier molecular flexibility index (Phi) is 3.09. The van der Waals surface area contributed by atoms with Crippen LogP contribution < -0.4 is 11.3 Å². The van der Waals surface area contributed by atoms with E-state index in [2.05, 4.69) is 40.7 Å². The van der Waals surface area contributed by atoms with Gasteiger partial charge in [0, 0.05) is 18.4 Å². The number of hydrogen-bond acceptors (Lipinski definition) is 3. The lowest BCUT2D eigenvalue weighted by atomic mass is 10.0. The van der Waals surface area contributed by atoms with Crippen molar-refractivity contribution in [3.8, 4) is 0 Å². The van der Waals surface area contributed by atoms with E-state index >= 15 is 0 Å². The van der Waals surface area contributed by atoms with Crippen molar-refractivity contribution in [2.45, 2.75) is 18.4 Å². The van der Waals surface area contributed by atoms with Crippen LogP contribution in [0.2, 0.25) is 0 Å². The van der Waals surface area contributed by atoms with Gasteiger partial charge in [-0.15, -0.1) is 0 Å². The Hall–Kier alpha value is -1.71. The van der Waals surface area contributed by atoms with Crippen molar-refractivity contribution in [1.82, 2.24) is 10.4 Å². The van der Waals surface area contributed by atoms with Crippen molar-refractivity contribution in [1.29, 1.82) is 0 Å². The van der Waals surface area contributed by atoms with Crippen LogP contribution in [0.3, 0.4) is 0 Å². The molecule has 18 heavy (non-hydrogen) atoms. The topological polar surface area (TPSA) is 50.9 Å². The van der Waals surface area contributed by atoms with E-state index in [0.717, 1.165) is 0 Å². The van der Waals surface area contributed by atoms with Gasteiger partial charge in [-0.05, 0) is 41.5 Å². The highest BCUT2D eigenvalue weighted by atomic mass is 15.2. The first-order chi connectivity index (χ1) is 8.90. The number of pyridine rings is 1. The number of rotatable bonds is 4. The van der Waals surface area contributed by atoms with Crippen LogP contribution >= 0.6 is 0 Å². The Morgan fingerprint density at radius 3 is 2.50 bits per heavy atom. The first-order valence-electron chi connectivity index (χ1n) is 6.31. The molecular weight excluding hydrogens is 222 g/mol. The van der Waals surface area contributed by atoms with Crippen LogP contribution in [0.15, 0.2) is 54.9 Å². The second-order valence-electron chi connectivity index (χ2n) is 4.84. The quantitative estimate of drug-likeness (QED) is 0.636. The molecule has 1 aliphatic carbocycles. The predicted octanol–water partition coefficient (Wildman–Crippen LogP) is 2.39. The number of nitrogens with two attached hydrogens (primary N) is 1. The fourth-order valence-corrected chi connectivity index (χ4v) is 2.70. The predicted molar refractivity (Wildman–Crippen MR) is 71.6 cm³/mol. The Balaban J connectivity index is 1.77. The molecule has 0 bridgehead atoms. The minimum absolute atomic E-state index is 0.221. The molecule has 1 aromatic carbocycles. The van der Waals surface area contributed by atoms with Gasteiger partial charge in [0.15, 0.2) is 0 Å². The highest BCUT2D eigenvalue weighted by molar-refractivity contribution is 5.29. The molecule has 3 unspecified atom stereocenters.